The molecule has 1 saturated carbocycles. The topological polar surface area (TPSA) is 32.3 Å². The van der Waals surface area contributed by atoms with Crippen LogP contribution in [0.4, 0.5) is 4.39 Å². The molecule has 0 atom stereocenters. The van der Waals surface area contributed by atoms with Gasteiger partial charge in [0.25, 0.3) is 0 Å². The Morgan fingerprint density at radius 3 is 2.33 bits per heavy atom. The van der Waals surface area contributed by atoms with Crippen molar-refractivity contribution in [2.45, 2.75) is 51.7 Å². The van der Waals surface area contributed by atoms with E-state index in [-0.39, 0.29) is 5.82 Å². The van der Waals surface area contributed by atoms with E-state index in [0.717, 1.165) is 31.2 Å². The number of nitrogens with one attached hydrogen (secondary N) is 1. The van der Waals surface area contributed by atoms with Crippen molar-refractivity contribution in [1.29, 1.82) is 0 Å². The van der Waals surface area contributed by atoms with Crippen molar-refractivity contribution in [2.75, 3.05) is 6.54 Å². The summed E-state index contributed by atoms with van der Waals surface area (Å²) < 4.78 is 13.5. The largest absolute Gasteiger partial charge is 0.389 e. The van der Waals surface area contributed by atoms with Crippen molar-refractivity contribution in [3.05, 3.63) is 34.6 Å². The number of benzene rings is 1. The second-order valence-corrected chi connectivity index (χ2v) is 5.58. The first-order chi connectivity index (χ1) is 8.50. The summed E-state index contributed by atoms with van der Waals surface area (Å²) in [6, 6.07) is 3.74. The molecule has 0 aromatic heterocycles. The Morgan fingerprint density at radius 2 is 1.78 bits per heavy atom. The van der Waals surface area contributed by atoms with Gasteiger partial charge in [-0.3, -0.25) is 0 Å². The van der Waals surface area contributed by atoms with Crippen molar-refractivity contribution < 1.29 is 9.50 Å². The molecular formula is C15H22FNO. The Kier molecular flexibility index (Phi) is 4.03. The molecular weight excluding hydrogens is 229 g/mol. The molecule has 0 aliphatic heterocycles. The quantitative estimate of drug-likeness (QED) is 0.862. The van der Waals surface area contributed by atoms with E-state index in [1.165, 1.54) is 0 Å². The minimum absolute atomic E-state index is 0.117. The Bertz CT molecular complexity index is 401. The van der Waals surface area contributed by atoms with Crippen molar-refractivity contribution in [3.63, 3.8) is 0 Å². The highest BCUT2D eigenvalue weighted by Crippen LogP contribution is 2.28. The molecule has 1 fully saturated rings. The third-order valence-electron chi connectivity index (χ3n) is 3.81. The van der Waals surface area contributed by atoms with Crippen LogP contribution in [0.5, 0.6) is 0 Å². The van der Waals surface area contributed by atoms with E-state index >= 15 is 0 Å². The van der Waals surface area contributed by atoms with Gasteiger partial charge in [-0.05, 0) is 43.4 Å². The molecule has 100 valence electrons. The number of hydrogen-bond donors (Lipinski definition) is 2. The normalized spacial score (nSPS) is 18.2. The SMILES string of the molecule is Cc1cc(CNCC2(O)CCCC2)cc(C)c1F. The second kappa shape index (κ2) is 5.37. The second-order valence-electron chi connectivity index (χ2n) is 5.58. The maximum absolute atomic E-state index is 13.5. The number of halogens is 1. The predicted octanol–water partition coefficient (Wildman–Crippen LogP) is 2.84. The molecule has 0 amide bonds. The van der Waals surface area contributed by atoms with Gasteiger partial charge in [-0.15, -0.1) is 0 Å². The van der Waals surface area contributed by atoms with E-state index in [4.69, 9.17) is 0 Å². The van der Waals surface area contributed by atoms with Crippen LogP contribution in [0.3, 0.4) is 0 Å². The van der Waals surface area contributed by atoms with E-state index < -0.39 is 5.60 Å². The van der Waals surface area contributed by atoms with Gasteiger partial charge in [-0.2, -0.15) is 0 Å². The molecule has 0 spiro atoms. The van der Waals surface area contributed by atoms with Gasteiger partial charge in [-0.1, -0.05) is 25.0 Å². The average molecular weight is 251 g/mol. The van der Waals surface area contributed by atoms with Crippen LogP contribution >= 0.6 is 0 Å². The smallest absolute Gasteiger partial charge is 0.129 e. The van der Waals surface area contributed by atoms with E-state index in [1.807, 2.05) is 12.1 Å². The standard InChI is InChI=1S/C15H22FNO/c1-11-7-13(8-12(2)14(11)16)9-17-10-15(18)5-3-4-6-15/h7-8,17-18H,3-6,9-10H2,1-2H3. The first-order valence-corrected chi connectivity index (χ1v) is 6.69. The van der Waals surface area contributed by atoms with E-state index in [1.54, 1.807) is 13.8 Å². The monoisotopic (exact) mass is 251 g/mol. The zero-order valence-electron chi connectivity index (χ0n) is 11.2. The fourth-order valence-corrected chi connectivity index (χ4v) is 2.79. The van der Waals surface area contributed by atoms with E-state index in [9.17, 15) is 9.50 Å². The molecule has 1 aromatic carbocycles. The molecule has 2 rings (SSSR count). The first-order valence-electron chi connectivity index (χ1n) is 6.69. The van der Waals surface area contributed by atoms with E-state index in [2.05, 4.69) is 5.32 Å². The van der Waals surface area contributed by atoms with Gasteiger partial charge in [0.2, 0.25) is 0 Å². The lowest BCUT2D eigenvalue weighted by Gasteiger charge is -2.22. The van der Waals surface area contributed by atoms with Crippen molar-refractivity contribution >= 4 is 0 Å². The van der Waals surface area contributed by atoms with Crippen LogP contribution in [-0.4, -0.2) is 17.3 Å². The van der Waals surface area contributed by atoms with Gasteiger partial charge in [0.15, 0.2) is 0 Å². The van der Waals surface area contributed by atoms with Crippen molar-refractivity contribution in [2.24, 2.45) is 0 Å². The lowest BCUT2D eigenvalue weighted by Crippen LogP contribution is -2.37. The fourth-order valence-electron chi connectivity index (χ4n) is 2.79. The third kappa shape index (κ3) is 3.09. The van der Waals surface area contributed by atoms with Crippen LogP contribution in [0.2, 0.25) is 0 Å². The third-order valence-corrected chi connectivity index (χ3v) is 3.81. The number of hydrogen-bond acceptors (Lipinski definition) is 2. The molecule has 1 aromatic rings. The van der Waals surface area contributed by atoms with Crippen LogP contribution in [0, 0.1) is 19.7 Å². The van der Waals surface area contributed by atoms with Crippen molar-refractivity contribution in [1.82, 2.24) is 5.32 Å². The van der Waals surface area contributed by atoms with Crippen LogP contribution in [-0.2, 0) is 6.54 Å². The first kappa shape index (κ1) is 13.5. The van der Waals surface area contributed by atoms with Crippen LogP contribution in [0.25, 0.3) is 0 Å². The zero-order chi connectivity index (χ0) is 13.2. The fraction of sp³-hybridized carbons (Fsp3) is 0.600. The average Bonchev–Trinajstić information content (AvgIpc) is 2.73. The molecule has 18 heavy (non-hydrogen) atoms. The zero-order valence-corrected chi connectivity index (χ0v) is 11.2. The maximum atomic E-state index is 13.5. The number of aryl methyl sites for hydroxylation is 2. The Balaban J connectivity index is 1.90. The predicted molar refractivity (Wildman–Crippen MR) is 71.0 cm³/mol. The highest BCUT2D eigenvalue weighted by atomic mass is 19.1. The van der Waals surface area contributed by atoms with Gasteiger partial charge >= 0.3 is 0 Å². The van der Waals surface area contributed by atoms with Gasteiger partial charge in [-0.25, -0.2) is 4.39 Å². The molecule has 0 unspecified atom stereocenters. The van der Waals surface area contributed by atoms with E-state index in [0.29, 0.717) is 24.2 Å². The molecule has 0 saturated heterocycles. The molecule has 2 N–H and O–H groups in total. The van der Waals surface area contributed by atoms with Gasteiger partial charge in [0.05, 0.1) is 5.60 Å². The summed E-state index contributed by atoms with van der Waals surface area (Å²) in [6.45, 7) is 4.89. The summed E-state index contributed by atoms with van der Waals surface area (Å²) >= 11 is 0. The molecule has 0 heterocycles. The molecule has 2 nitrogen and oxygen atoms in total. The van der Waals surface area contributed by atoms with Crippen molar-refractivity contribution in [3.8, 4) is 0 Å². The lowest BCUT2D eigenvalue weighted by atomic mass is 10.0. The highest BCUT2D eigenvalue weighted by Gasteiger charge is 2.30. The summed E-state index contributed by atoms with van der Waals surface area (Å²) in [4.78, 5) is 0. The minimum Gasteiger partial charge on any atom is -0.389 e. The Labute approximate surface area is 108 Å². The maximum Gasteiger partial charge on any atom is 0.129 e. The van der Waals surface area contributed by atoms with Gasteiger partial charge in [0, 0.05) is 13.1 Å². The summed E-state index contributed by atoms with van der Waals surface area (Å²) in [6.07, 6.45) is 4.02. The van der Waals surface area contributed by atoms with Gasteiger partial charge < -0.3 is 10.4 Å². The van der Waals surface area contributed by atoms with Gasteiger partial charge in [0.1, 0.15) is 5.82 Å². The molecule has 0 radical (unpaired) electrons. The summed E-state index contributed by atoms with van der Waals surface area (Å²) in [5.74, 6) is -0.117. The summed E-state index contributed by atoms with van der Waals surface area (Å²) in [5, 5.41) is 13.5. The molecule has 0 bridgehead atoms. The molecule has 1 aliphatic carbocycles. The lowest BCUT2D eigenvalue weighted by molar-refractivity contribution is 0.0475. The summed E-state index contributed by atoms with van der Waals surface area (Å²) in [5.41, 5.74) is 1.93. The summed E-state index contributed by atoms with van der Waals surface area (Å²) in [7, 11) is 0. The Morgan fingerprint density at radius 1 is 1.22 bits per heavy atom. The van der Waals surface area contributed by atoms with Crippen LogP contribution < -0.4 is 5.32 Å². The minimum atomic E-state index is -0.524. The highest BCUT2D eigenvalue weighted by molar-refractivity contribution is 5.30. The Hall–Kier alpha value is -0.930. The number of aliphatic hydroxyl groups is 1. The van der Waals surface area contributed by atoms with Crippen LogP contribution in [0.1, 0.15) is 42.4 Å². The van der Waals surface area contributed by atoms with Crippen LogP contribution in [0.15, 0.2) is 12.1 Å². The molecule has 3 heteroatoms. The molecule has 1 aliphatic rings. The number of rotatable bonds is 4.